The summed E-state index contributed by atoms with van der Waals surface area (Å²) < 4.78 is 0. The van der Waals surface area contributed by atoms with Crippen molar-refractivity contribution in [3.63, 3.8) is 0 Å². The van der Waals surface area contributed by atoms with Gasteiger partial charge in [0.15, 0.2) is 0 Å². The van der Waals surface area contributed by atoms with Gasteiger partial charge in [0.1, 0.15) is 0 Å². The van der Waals surface area contributed by atoms with E-state index in [0.29, 0.717) is 11.5 Å². The zero-order valence-electron chi connectivity index (χ0n) is 12.2. The first-order valence-corrected chi connectivity index (χ1v) is 6.96. The minimum Gasteiger partial charge on any atom is -0.378 e. The maximum absolute atomic E-state index is 8.92. The van der Waals surface area contributed by atoms with E-state index >= 15 is 0 Å². The Bertz CT molecular complexity index is 606. The number of rotatable bonds is 4. The highest BCUT2D eigenvalue weighted by atomic mass is 14.9. The minimum absolute atomic E-state index is 0.213. The van der Waals surface area contributed by atoms with Gasteiger partial charge in [-0.1, -0.05) is 44.2 Å². The maximum atomic E-state index is 8.92. The molecule has 0 aliphatic rings. The number of nitriles is 1. The molecule has 0 fully saturated rings. The standard InChI is InChI=1S/C18H20N2/c1-13(2)16-7-9-17(10-8-16)14(3)20-18-6-4-5-15(11-18)12-19/h4-11,13-14,20H,1-3H3. The largest absolute Gasteiger partial charge is 0.378 e. The molecule has 0 amide bonds. The first-order valence-electron chi connectivity index (χ1n) is 6.96. The Morgan fingerprint density at radius 2 is 1.60 bits per heavy atom. The van der Waals surface area contributed by atoms with E-state index in [4.69, 9.17) is 5.26 Å². The molecule has 0 heterocycles. The van der Waals surface area contributed by atoms with Crippen molar-refractivity contribution in [2.24, 2.45) is 0 Å². The van der Waals surface area contributed by atoms with Crippen LogP contribution in [0.25, 0.3) is 0 Å². The van der Waals surface area contributed by atoms with Gasteiger partial charge in [-0.25, -0.2) is 0 Å². The van der Waals surface area contributed by atoms with E-state index in [-0.39, 0.29) is 6.04 Å². The van der Waals surface area contributed by atoms with E-state index in [1.165, 1.54) is 11.1 Å². The number of nitrogens with zero attached hydrogens (tertiary/aromatic N) is 1. The number of hydrogen-bond acceptors (Lipinski definition) is 2. The molecule has 2 nitrogen and oxygen atoms in total. The summed E-state index contributed by atoms with van der Waals surface area (Å²) >= 11 is 0. The van der Waals surface area contributed by atoms with Crippen molar-refractivity contribution in [1.29, 1.82) is 5.26 Å². The van der Waals surface area contributed by atoms with E-state index in [2.05, 4.69) is 56.4 Å². The lowest BCUT2D eigenvalue weighted by Gasteiger charge is -2.17. The summed E-state index contributed by atoms with van der Waals surface area (Å²) in [5.41, 5.74) is 4.26. The van der Waals surface area contributed by atoms with Gasteiger partial charge in [-0.05, 0) is 42.2 Å². The van der Waals surface area contributed by atoms with Crippen molar-refractivity contribution >= 4 is 5.69 Å². The predicted molar refractivity (Wildman–Crippen MR) is 83.7 cm³/mol. The molecule has 0 aliphatic heterocycles. The second-order valence-electron chi connectivity index (χ2n) is 5.38. The van der Waals surface area contributed by atoms with E-state index in [1.54, 1.807) is 0 Å². The molecule has 1 atom stereocenters. The van der Waals surface area contributed by atoms with Crippen LogP contribution in [0.1, 0.15) is 49.4 Å². The molecule has 1 unspecified atom stereocenters. The molecule has 0 aromatic heterocycles. The minimum atomic E-state index is 0.213. The summed E-state index contributed by atoms with van der Waals surface area (Å²) in [6, 6.07) is 18.6. The van der Waals surface area contributed by atoms with Gasteiger partial charge in [0.05, 0.1) is 11.6 Å². The second kappa shape index (κ2) is 6.25. The Morgan fingerprint density at radius 1 is 0.950 bits per heavy atom. The maximum Gasteiger partial charge on any atom is 0.0992 e. The summed E-state index contributed by atoms with van der Waals surface area (Å²) in [6.45, 7) is 6.53. The first kappa shape index (κ1) is 14.1. The molecule has 102 valence electrons. The highest BCUT2D eigenvalue weighted by Gasteiger charge is 2.06. The fraction of sp³-hybridized carbons (Fsp3) is 0.278. The van der Waals surface area contributed by atoms with Gasteiger partial charge in [-0.3, -0.25) is 0 Å². The van der Waals surface area contributed by atoms with Crippen LogP contribution in [-0.2, 0) is 0 Å². The van der Waals surface area contributed by atoms with E-state index in [1.807, 2.05) is 24.3 Å². The molecule has 2 aromatic rings. The highest BCUT2D eigenvalue weighted by molar-refractivity contribution is 5.50. The average Bonchev–Trinajstić information content (AvgIpc) is 2.47. The number of anilines is 1. The van der Waals surface area contributed by atoms with Crippen LogP contribution >= 0.6 is 0 Å². The van der Waals surface area contributed by atoms with E-state index in [9.17, 15) is 0 Å². The molecular formula is C18H20N2. The lowest BCUT2D eigenvalue weighted by Crippen LogP contribution is -2.06. The molecule has 0 saturated heterocycles. The molecule has 2 rings (SSSR count). The lowest BCUT2D eigenvalue weighted by molar-refractivity contribution is 0.852. The van der Waals surface area contributed by atoms with Gasteiger partial charge in [0.2, 0.25) is 0 Å². The third-order valence-electron chi connectivity index (χ3n) is 3.48. The summed E-state index contributed by atoms with van der Waals surface area (Å²) in [5, 5.41) is 12.3. The Labute approximate surface area is 121 Å². The number of hydrogen-bond donors (Lipinski definition) is 1. The molecule has 2 aromatic carbocycles. The average molecular weight is 264 g/mol. The number of benzene rings is 2. The van der Waals surface area contributed by atoms with Crippen LogP contribution in [0.4, 0.5) is 5.69 Å². The van der Waals surface area contributed by atoms with Crippen LogP contribution in [0.2, 0.25) is 0 Å². The summed E-state index contributed by atoms with van der Waals surface area (Å²) in [6.07, 6.45) is 0. The van der Waals surface area contributed by atoms with Crippen LogP contribution in [0.5, 0.6) is 0 Å². The lowest BCUT2D eigenvalue weighted by atomic mass is 9.99. The monoisotopic (exact) mass is 264 g/mol. The van der Waals surface area contributed by atoms with Crippen LogP contribution in [0.15, 0.2) is 48.5 Å². The zero-order valence-corrected chi connectivity index (χ0v) is 12.2. The first-order chi connectivity index (χ1) is 9.60. The summed E-state index contributed by atoms with van der Waals surface area (Å²) in [5.74, 6) is 0.555. The van der Waals surface area contributed by atoms with Crippen LogP contribution in [0.3, 0.4) is 0 Å². The van der Waals surface area contributed by atoms with Crippen molar-refractivity contribution in [2.75, 3.05) is 5.32 Å². The highest BCUT2D eigenvalue weighted by Crippen LogP contribution is 2.22. The van der Waals surface area contributed by atoms with Crippen molar-refractivity contribution in [3.8, 4) is 6.07 Å². The van der Waals surface area contributed by atoms with Gasteiger partial charge < -0.3 is 5.32 Å². The molecule has 0 aliphatic carbocycles. The molecule has 1 N–H and O–H groups in total. The van der Waals surface area contributed by atoms with Gasteiger partial charge in [0.25, 0.3) is 0 Å². The van der Waals surface area contributed by atoms with Crippen molar-refractivity contribution in [2.45, 2.75) is 32.7 Å². The number of nitrogens with one attached hydrogen (secondary N) is 1. The van der Waals surface area contributed by atoms with Gasteiger partial charge in [-0.15, -0.1) is 0 Å². The second-order valence-corrected chi connectivity index (χ2v) is 5.38. The molecule has 0 bridgehead atoms. The molecule has 20 heavy (non-hydrogen) atoms. The van der Waals surface area contributed by atoms with E-state index < -0.39 is 0 Å². The summed E-state index contributed by atoms with van der Waals surface area (Å²) in [4.78, 5) is 0. The fourth-order valence-electron chi connectivity index (χ4n) is 2.18. The molecule has 0 spiro atoms. The van der Waals surface area contributed by atoms with Crippen LogP contribution in [0, 0.1) is 11.3 Å². The molecule has 0 radical (unpaired) electrons. The molecule has 2 heteroatoms. The van der Waals surface area contributed by atoms with Crippen LogP contribution in [-0.4, -0.2) is 0 Å². The van der Waals surface area contributed by atoms with Crippen molar-refractivity contribution in [3.05, 3.63) is 65.2 Å². The van der Waals surface area contributed by atoms with Gasteiger partial charge in [-0.2, -0.15) is 5.26 Å². The summed E-state index contributed by atoms with van der Waals surface area (Å²) in [7, 11) is 0. The molecular weight excluding hydrogens is 244 g/mol. The van der Waals surface area contributed by atoms with Gasteiger partial charge >= 0.3 is 0 Å². The van der Waals surface area contributed by atoms with Crippen molar-refractivity contribution in [1.82, 2.24) is 0 Å². The van der Waals surface area contributed by atoms with Crippen LogP contribution < -0.4 is 5.32 Å². The Morgan fingerprint density at radius 3 is 2.20 bits per heavy atom. The Hall–Kier alpha value is -2.27. The van der Waals surface area contributed by atoms with Crippen molar-refractivity contribution < 1.29 is 0 Å². The normalized spacial score (nSPS) is 11.9. The Kier molecular flexibility index (Phi) is 4.42. The van der Waals surface area contributed by atoms with E-state index in [0.717, 1.165) is 5.69 Å². The SMILES string of the molecule is CC(C)c1ccc(C(C)Nc2cccc(C#N)c2)cc1. The predicted octanol–water partition coefficient (Wildman–Crippen LogP) is 4.85. The fourth-order valence-corrected chi connectivity index (χ4v) is 2.18. The third-order valence-corrected chi connectivity index (χ3v) is 3.48. The third kappa shape index (κ3) is 3.39. The topological polar surface area (TPSA) is 35.8 Å². The zero-order chi connectivity index (χ0) is 14.5. The van der Waals surface area contributed by atoms with Gasteiger partial charge in [0, 0.05) is 11.7 Å². The Balaban J connectivity index is 2.11. The smallest absolute Gasteiger partial charge is 0.0992 e. The quantitative estimate of drug-likeness (QED) is 0.856. The molecule has 0 saturated carbocycles.